The molecular formula is C29H24BrF2N2O6S-. The molecule has 1 saturated carbocycles. The number of ether oxygens (including phenoxy) is 1. The van der Waals surface area contributed by atoms with Crippen LogP contribution in [0.5, 0.6) is 0 Å². The standard InChI is InChI=1S/C29H25BrF2N2O6S/c1-33-28(35)24-21-12-20(15-3-4-15)18(11-23(21)40-27(24)16-5-8-19(31)9-6-16)14-34(41(37)38)13-17-7-10-22(30)25(26(17)32)29(36)39-2/h5-12,15H,3-4,13-14H2,1-2H3,(H,33,35)(H,37,38)/p-1. The minimum absolute atomic E-state index is 0.00894. The fraction of sp³-hybridized carbons (Fsp3) is 0.241. The van der Waals surface area contributed by atoms with Crippen molar-refractivity contribution in [1.29, 1.82) is 0 Å². The predicted octanol–water partition coefficient (Wildman–Crippen LogP) is 5.96. The van der Waals surface area contributed by atoms with Gasteiger partial charge in [-0.2, -0.15) is 0 Å². The molecule has 0 aliphatic heterocycles. The second-order valence-corrected chi connectivity index (χ2v) is 11.4. The van der Waals surface area contributed by atoms with Crippen LogP contribution < -0.4 is 5.32 Å². The molecular weight excluding hydrogens is 622 g/mol. The first-order chi connectivity index (χ1) is 19.6. The highest BCUT2D eigenvalue weighted by atomic mass is 79.9. The Kier molecular flexibility index (Phi) is 8.37. The van der Waals surface area contributed by atoms with Gasteiger partial charge in [-0.05, 0) is 88.3 Å². The Hall–Kier alpha value is -3.45. The zero-order valence-electron chi connectivity index (χ0n) is 22.0. The van der Waals surface area contributed by atoms with Gasteiger partial charge < -0.3 is 19.0 Å². The van der Waals surface area contributed by atoms with E-state index in [4.69, 9.17) is 4.42 Å². The molecule has 0 bridgehead atoms. The van der Waals surface area contributed by atoms with E-state index in [1.54, 1.807) is 6.07 Å². The van der Waals surface area contributed by atoms with E-state index >= 15 is 4.39 Å². The van der Waals surface area contributed by atoms with Crippen molar-refractivity contribution in [2.45, 2.75) is 31.8 Å². The molecule has 1 heterocycles. The van der Waals surface area contributed by atoms with Crippen molar-refractivity contribution >= 4 is 50.0 Å². The van der Waals surface area contributed by atoms with Crippen LogP contribution >= 0.6 is 15.9 Å². The number of rotatable bonds is 9. The number of carbonyl (C=O) groups is 2. The van der Waals surface area contributed by atoms with Gasteiger partial charge in [0.1, 0.15) is 28.5 Å². The summed E-state index contributed by atoms with van der Waals surface area (Å²) in [5.41, 5.74) is 2.30. The van der Waals surface area contributed by atoms with Gasteiger partial charge in [-0.15, -0.1) is 0 Å². The summed E-state index contributed by atoms with van der Waals surface area (Å²) in [6, 6.07) is 12.0. The molecule has 1 aliphatic carbocycles. The largest absolute Gasteiger partial charge is 0.760 e. The molecule has 214 valence electrons. The summed E-state index contributed by atoms with van der Waals surface area (Å²) in [5, 5.41) is 3.17. The molecule has 1 atom stereocenters. The molecule has 1 fully saturated rings. The van der Waals surface area contributed by atoms with Crippen molar-refractivity contribution in [2.24, 2.45) is 0 Å². The van der Waals surface area contributed by atoms with E-state index < -0.39 is 28.9 Å². The van der Waals surface area contributed by atoms with Crippen molar-refractivity contribution < 1.29 is 36.3 Å². The molecule has 1 amide bonds. The fourth-order valence-electron chi connectivity index (χ4n) is 4.82. The maximum atomic E-state index is 15.3. The van der Waals surface area contributed by atoms with Gasteiger partial charge >= 0.3 is 5.97 Å². The molecule has 1 N–H and O–H groups in total. The Bertz CT molecular complexity index is 1690. The Morgan fingerprint density at radius 3 is 2.39 bits per heavy atom. The van der Waals surface area contributed by atoms with Gasteiger partial charge in [-0.3, -0.25) is 9.00 Å². The number of nitrogens with zero attached hydrogens (tertiary/aromatic N) is 1. The third-order valence-corrected chi connectivity index (χ3v) is 8.33. The number of nitrogens with one attached hydrogen (secondary N) is 1. The Morgan fingerprint density at radius 2 is 1.78 bits per heavy atom. The molecule has 3 aromatic carbocycles. The maximum absolute atomic E-state index is 15.3. The summed E-state index contributed by atoms with van der Waals surface area (Å²) in [5.74, 6) is -2.18. The zero-order chi connectivity index (χ0) is 29.4. The molecule has 0 spiro atoms. The van der Waals surface area contributed by atoms with Gasteiger partial charge in [0.05, 0.1) is 12.7 Å². The summed E-state index contributed by atoms with van der Waals surface area (Å²) >= 11 is 0.384. The Balaban J connectivity index is 1.58. The lowest BCUT2D eigenvalue weighted by Gasteiger charge is -2.26. The van der Waals surface area contributed by atoms with E-state index in [9.17, 15) is 22.7 Å². The lowest BCUT2D eigenvalue weighted by atomic mass is 9.97. The number of furan rings is 1. The van der Waals surface area contributed by atoms with Crippen molar-refractivity contribution in [3.8, 4) is 11.3 Å². The van der Waals surface area contributed by atoms with Crippen LogP contribution in [-0.2, 0) is 29.1 Å². The van der Waals surface area contributed by atoms with Crippen LogP contribution in [0.3, 0.4) is 0 Å². The van der Waals surface area contributed by atoms with E-state index in [-0.39, 0.29) is 46.3 Å². The number of methoxy groups -OCH3 is 1. The third-order valence-electron chi connectivity index (χ3n) is 6.99. The zero-order valence-corrected chi connectivity index (χ0v) is 24.4. The third kappa shape index (κ3) is 5.82. The molecule has 12 heteroatoms. The number of benzene rings is 3. The highest BCUT2D eigenvalue weighted by Gasteiger charge is 2.30. The molecule has 4 aromatic rings. The van der Waals surface area contributed by atoms with E-state index in [0.717, 1.165) is 29.8 Å². The fourth-order valence-corrected chi connectivity index (χ4v) is 5.77. The van der Waals surface area contributed by atoms with Crippen LogP contribution in [0.25, 0.3) is 22.3 Å². The van der Waals surface area contributed by atoms with E-state index in [0.29, 0.717) is 27.7 Å². The van der Waals surface area contributed by atoms with Crippen LogP contribution in [0.1, 0.15) is 56.2 Å². The quantitative estimate of drug-likeness (QED) is 0.178. The molecule has 1 aliphatic rings. The van der Waals surface area contributed by atoms with Crippen molar-refractivity contribution in [3.05, 3.63) is 92.5 Å². The molecule has 41 heavy (non-hydrogen) atoms. The number of hydrogen-bond donors (Lipinski definition) is 1. The van der Waals surface area contributed by atoms with E-state index in [1.165, 1.54) is 43.4 Å². The Morgan fingerprint density at radius 1 is 1.10 bits per heavy atom. The van der Waals surface area contributed by atoms with Crippen molar-refractivity contribution in [3.63, 3.8) is 0 Å². The van der Waals surface area contributed by atoms with Crippen LogP contribution in [0, 0.1) is 11.6 Å². The minimum atomic E-state index is -2.75. The first kappa shape index (κ1) is 29.1. The number of hydrogen-bond acceptors (Lipinski definition) is 6. The molecule has 1 aromatic heterocycles. The lowest BCUT2D eigenvalue weighted by molar-refractivity contribution is 0.0593. The monoisotopic (exact) mass is 645 g/mol. The van der Waals surface area contributed by atoms with Crippen LogP contribution in [0.2, 0.25) is 0 Å². The average molecular weight is 646 g/mol. The lowest BCUT2D eigenvalue weighted by Crippen LogP contribution is -2.26. The van der Waals surface area contributed by atoms with Gasteiger partial charge in [-0.25, -0.2) is 17.9 Å². The maximum Gasteiger partial charge on any atom is 0.342 e. The van der Waals surface area contributed by atoms with Gasteiger partial charge in [0.25, 0.3) is 5.91 Å². The molecule has 5 rings (SSSR count). The second-order valence-electron chi connectivity index (χ2n) is 9.62. The highest BCUT2D eigenvalue weighted by Crippen LogP contribution is 2.45. The number of carbonyl (C=O) groups excluding carboxylic acids is 2. The first-order valence-corrected chi connectivity index (χ1v) is 14.4. The van der Waals surface area contributed by atoms with Crippen LogP contribution in [0.15, 0.2) is 57.4 Å². The molecule has 0 saturated heterocycles. The summed E-state index contributed by atoms with van der Waals surface area (Å²) < 4.78 is 65.5. The second kappa shape index (κ2) is 11.8. The van der Waals surface area contributed by atoms with Gasteiger partial charge in [0.2, 0.25) is 0 Å². The molecule has 1 unspecified atom stereocenters. The highest BCUT2D eigenvalue weighted by molar-refractivity contribution is 9.10. The predicted molar refractivity (Wildman–Crippen MR) is 151 cm³/mol. The topological polar surface area (TPSA) is 112 Å². The smallest absolute Gasteiger partial charge is 0.342 e. The summed E-state index contributed by atoms with van der Waals surface area (Å²) in [6.45, 7) is -0.452. The van der Waals surface area contributed by atoms with Gasteiger partial charge in [0.15, 0.2) is 0 Å². The average Bonchev–Trinajstić information content (AvgIpc) is 3.73. The number of esters is 1. The van der Waals surface area contributed by atoms with Crippen molar-refractivity contribution in [2.75, 3.05) is 14.2 Å². The molecule has 0 radical (unpaired) electrons. The molecule has 8 nitrogen and oxygen atoms in total. The summed E-state index contributed by atoms with van der Waals surface area (Å²) in [7, 11) is 2.63. The summed E-state index contributed by atoms with van der Waals surface area (Å²) in [6.07, 6.45) is 1.78. The summed E-state index contributed by atoms with van der Waals surface area (Å²) in [4.78, 5) is 25.1. The van der Waals surface area contributed by atoms with E-state index in [2.05, 4.69) is 26.0 Å². The minimum Gasteiger partial charge on any atom is -0.760 e. The van der Waals surface area contributed by atoms with Crippen molar-refractivity contribution in [1.82, 2.24) is 9.62 Å². The SMILES string of the molecule is CNC(=O)c1c(-c2ccc(F)cc2)oc2cc(CN(Cc3ccc(Br)c(C(=O)OC)c3F)S(=O)[O-])c(C3CC3)cc12. The first-order valence-electron chi connectivity index (χ1n) is 12.6. The van der Waals surface area contributed by atoms with Gasteiger partial charge in [0, 0.05) is 52.4 Å². The number of halogens is 3. The van der Waals surface area contributed by atoms with Crippen LogP contribution in [-0.4, -0.2) is 39.1 Å². The normalized spacial score (nSPS) is 13.9. The number of fused-ring (bicyclic) bond motifs is 1. The Labute approximate surface area is 245 Å². The van der Waals surface area contributed by atoms with E-state index in [1.807, 2.05) is 6.07 Å². The number of amides is 1. The van der Waals surface area contributed by atoms with Crippen LogP contribution in [0.4, 0.5) is 8.78 Å². The van der Waals surface area contributed by atoms with Gasteiger partial charge in [-0.1, -0.05) is 6.07 Å².